The highest BCUT2D eigenvalue weighted by atomic mass is 35.5. The molecule has 1 fully saturated rings. The van der Waals surface area contributed by atoms with Gasteiger partial charge in [-0.1, -0.05) is 12.1 Å². The lowest BCUT2D eigenvalue weighted by molar-refractivity contribution is -0.187. The average Bonchev–Trinajstić information content (AvgIpc) is 2.39. The molecule has 1 heterocycles. The van der Waals surface area contributed by atoms with Crippen LogP contribution in [0.4, 0.5) is 13.2 Å². The molecule has 20 heavy (non-hydrogen) atoms. The van der Waals surface area contributed by atoms with Gasteiger partial charge in [0.25, 0.3) is 0 Å². The fraction of sp³-hybridized carbons (Fsp3) is 0.538. The highest BCUT2D eigenvalue weighted by Crippen LogP contribution is 2.38. The van der Waals surface area contributed by atoms with Crippen LogP contribution in [0.25, 0.3) is 0 Å². The molecule has 1 aromatic rings. The van der Waals surface area contributed by atoms with Crippen LogP contribution in [0.2, 0.25) is 0 Å². The molecule has 0 saturated carbocycles. The van der Waals surface area contributed by atoms with Crippen molar-refractivity contribution < 1.29 is 17.9 Å². The zero-order chi connectivity index (χ0) is 13.9. The normalized spacial score (nSPS) is 18.2. The highest BCUT2D eigenvalue weighted by molar-refractivity contribution is 5.85. The molecule has 0 bridgehead atoms. The number of benzene rings is 1. The highest BCUT2D eigenvalue weighted by Gasteiger charge is 2.44. The second kappa shape index (κ2) is 7.15. The van der Waals surface area contributed by atoms with Gasteiger partial charge in [0.15, 0.2) is 0 Å². The molecule has 1 aromatic carbocycles. The van der Waals surface area contributed by atoms with Crippen molar-refractivity contribution in [2.75, 3.05) is 33.3 Å². The molecule has 1 aliphatic heterocycles. The Labute approximate surface area is 122 Å². The second-order valence-electron chi connectivity index (χ2n) is 4.51. The van der Waals surface area contributed by atoms with Gasteiger partial charge in [0.2, 0.25) is 0 Å². The number of nitrogens with one attached hydrogen (secondary N) is 1. The van der Waals surface area contributed by atoms with Crippen molar-refractivity contribution in [2.24, 2.45) is 0 Å². The number of hydrogen-bond acceptors (Lipinski definition) is 3. The molecule has 7 heteroatoms. The lowest BCUT2D eigenvalue weighted by Crippen LogP contribution is -2.49. The first-order valence-corrected chi connectivity index (χ1v) is 6.18. The maximum Gasteiger partial charge on any atom is 0.408 e. The smallest absolute Gasteiger partial charge is 0.408 e. The minimum Gasteiger partial charge on any atom is -0.497 e. The van der Waals surface area contributed by atoms with Crippen molar-refractivity contribution in [1.29, 1.82) is 0 Å². The first kappa shape index (κ1) is 17.1. The molecule has 1 saturated heterocycles. The molecule has 0 aliphatic carbocycles. The molecular weight excluding hydrogens is 293 g/mol. The second-order valence-corrected chi connectivity index (χ2v) is 4.51. The van der Waals surface area contributed by atoms with Gasteiger partial charge < -0.3 is 10.1 Å². The van der Waals surface area contributed by atoms with E-state index >= 15 is 0 Å². The summed E-state index contributed by atoms with van der Waals surface area (Å²) >= 11 is 0. The third kappa shape index (κ3) is 4.01. The molecule has 0 spiro atoms. The SMILES string of the molecule is COc1cccc([C@H](N2CCNCC2)C(F)(F)F)c1.Cl. The van der Waals surface area contributed by atoms with Gasteiger partial charge in [-0.25, -0.2) is 0 Å². The van der Waals surface area contributed by atoms with Crippen LogP contribution in [0.5, 0.6) is 5.75 Å². The summed E-state index contributed by atoms with van der Waals surface area (Å²) in [6, 6.07) is 4.64. The Morgan fingerprint density at radius 3 is 2.45 bits per heavy atom. The number of rotatable bonds is 3. The minimum atomic E-state index is -4.29. The standard InChI is InChI=1S/C13H17F3N2O.ClH/c1-19-11-4-2-3-10(9-11)12(13(14,15)16)18-7-5-17-6-8-18;/h2-4,9,12,17H,5-8H2,1H3;1H/t12-;/m0./s1. The van der Waals surface area contributed by atoms with E-state index in [2.05, 4.69) is 5.32 Å². The van der Waals surface area contributed by atoms with Crippen LogP contribution in [-0.2, 0) is 0 Å². The largest absolute Gasteiger partial charge is 0.497 e. The summed E-state index contributed by atoms with van der Waals surface area (Å²) in [4.78, 5) is 1.46. The summed E-state index contributed by atoms with van der Waals surface area (Å²) in [5.74, 6) is 0.446. The van der Waals surface area contributed by atoms with E-state index in [-0.39, 0.29) is 18.0 Å². The van der Waals surface area contributed by atoms with Crippen molar-refractivity contribution in [3.8, 4) is 5.75 Å². The van der Waals surface area contributed by atoms with Crippen molar-refractivity contribution in [1.82, 2.24) is 10.2 Å². The van der Waals surface area contributed by atoms with Crippen LogP contribution in [0, 0.1) is 0 Å². The Kier molecular flexibility index (Phi) is 6.10. The Bertz CT molecular complexity index is 422. The van der Waals surface area contributed by atoms with Gasteiger partial charge in [-0.05, 0) is 17.7 Å². The number of hydrogen-bond donors (Lipinski definition) is 1. The Morgan fingerprint density at radius 2 is 1.90 bits per heavy atom. The van der Waals surface area contributed by atoms with Crippen molar-refractivity contribution >= 4 is 12.4 Å². The van der Waals surface area contributed by atoms with Gasteiger partial charge in [-0.15, -0.1) is 12.4 Å². The van der Waals surface area contributed by atoms with Crippen LogP contribution in [-0.4, -0.2) is 44.4 Å². The molecule has 1 aliphatic rings. The molecule has 1 atom stereocenters. The molecule has 3 nitrogen and oxygen atoms in total. The van der Waals surface area contributed by atoms with Crippen LogP contribution in [0.3, 0.4) is 0 Å². The fourth-order valence-corrected chi connectivity index (χ4v) is 2.36. The quantitative estimate of drug-likeness (QED) is 0.929. The minimum absolute atomic E-state index is 0. The van der Waals surface area contributed by atoms with E-state index in [1.165, 1.54) is 24.1 Å². The summed E-state index contributed by atoms with van der Waals surface area (Å²) in [6.45, 7) is 1.94. The number of nitrogens with zero attached hydrogens (tertiary/aromatic N) is 1. The van der Waals surface area contributed by atoms with E-state index in [9.17, 15) is 13.2 Å². The van der Waals surface area contributed by atoms with E-state index < -0.39 is 12.2 Å². The first-order valence-electron chi connectivity index (χ1n) is 6.18. The van der Waals surface area contributed by atoms with E-state index in [0.29, 0.717) is 31.9 Å². The topological polar surface area (TPSA) is 24.5 Å². The van der Waals surface area contributed by atoms with Gasteiger partial charge in [0, 0.05) is 26.2 Å². The van der Waals surface area contributed by atoms with Gasteiger partial charge in [0.05, 0.1) is 7.11 Å². The van der Waals surface area contributed by atoms with E-state index in [1.54, 1.807) is 12.1 Å². The van der Waals surface area contributed by atoms with Crippen LogP contribution in [0.1, 0.15) is 11.6 Å². The van der Waals surface area contributed by atoms with Crippen molar-refractivity contribution in [3.63, 3.8) is 0 Å². The number of piperazine rings is 1. The Morgan fingerprint density at radius 1 is 1.25 bits per heavy atom. The zero-order valence-electron chi connectivity index (χ0n) is 11.1. The predicted molar refractivity (Wildman–Crippen MR) is 73.5 cm³/mol. The number of ether oxygens (including phenoxy) is 1. The van der Waals surface area contributed by atoms with Crippen LogP contribution < -0.4 is 10.1 Å². The molecule has 2 rings (SSSR count). The molecule has 0 amide bonds. The van der Waals surface area contributed by atoms with Crippen LogP contribution >= 0.6 is 12.4 Å². The van der Waals surface area contributed by atoms with Crippen molar-refractivity contribution in [3.05, 3.63) is 29.8 Å². The van der Waals surface area contributed by atoms with E-state index in [0.717, 1.165) is 0 Å². The number of halogens is 4. The number of alkyl halides is 3. The third-order valence-corrected chi connectivity index (χ3v) is 3.24. The lowest BCUT2D eigenvalue weighted by Gasteiger charge is -2.36. The summed E-state index contributed by atoms with van der Waals surface area (Å²) in [7, 11) is 1.45. The fourth-order valence-electron chi connectivity index (χ4n) is 2.36. The monoisotopic (exact) mass is 310 g/mol. The Balaban J connectivity index is 0.00000200. The third-order valence-electron chi connectivity index (χ3n) is 3.24. The molecule has 1 N–H and O–H groups in total. The molecule has 114 valence electrons. The van der Waals surface area contributed by atoms with Crippen molar-refractivity contribution in [2.45, 2.75) is 12.2 Å². The molecule has 0 aromatic heterocycles. The van der Waals surface area contributed by atoms with Gasteiger partial charge in [-0.3, -0.25) is 4.90 Å². The molecular formula is C13H18ClF3N2O. The lowest BCUT2D eigenvalue weighted by atomic mass is 10.0. The Hall–Kier alpha value is -0.980. The summed E-state index contributed by atoms with van der Waals surface area (Å²) in [5, 5.41) is 3.06. The first-order chi connectivity index (χ1) is 9.02. The van der Waals surface area contributed by atoms with Gasteiger partial charge in [0.1, 0.15) is 11.8 Å². The molecule has 0 unspecified atom stereocenters. The van der Waals surface area contributed by atoms with E-state index in [4.69, 9.17) is 4.74 Å². The van der Waals surface area contributed by atoms with Crippen LogP contribution in [0.15, 0.2) is 24.3 Å². The maximum atomic E-state index is 13.3. The number of methoxy groups -OCH3 is 1. The summed E-state index contributed by atoms with van der Waals surface area (Å²) < 4.78 is 45.0. The molecule has 0 radical (unpaired) electrons. The van der Waals surface area contributed by atoms with Gasteiger partial charge in [-0.2, -0.15) is 13.2 Å². The predicted octanol–water partition coefficient (Wildman–Crippen LogP) is 2.63. The van der Waals surface area contributed by atoms with Gasteiger partial charge >= 0.3 is 6.18 Å². The zero-order valence-corrected chi connectivity index (χ0v) is 11.9. The summed E-state index contributed by atoms with van der Waals surface area (Å²) in [5.41, 5.74) is 0.230. The maximum absolute atomic E-state index is 13.3. The summed E-state index contributed by atoms with van der Waals surface area (Å²) in [6.07, 6.45) is -4.29. The average molecular weight is 311 g/mol. The van der Waals surface area contributed by atoms with E-state index in [1.807, 2.05) is 0 Å².